The zero-order valence-corrected chi connectivity index (χ0v) is 8.74. The first-order chi connectivity index (χ1) is 7.09. The minimum absolute atomic E-state index is 0.0563. The number of amides is 1. The maximum Gasteiger partial charge on any atom is 0.308 e. The number of fused-ring (bicyclic) bond motifs is 1. The molecule has 2 heterocycles. The molecule has 2 aliphatic heterocycles. The molecule has 1 amide bonds. The van der Waals surface area contributed by atoms with E-state index in [-0.39, 0.29) is 12.3 Å². The SMILES string of the molecule is CC1=C(CC(=O)O)SC2=NC=NC(=O)C21. The van der Waals surface area contributed by atoms with Crippen LogP contribution in [0.5, 0.6) is 0 Å². The molecule has 1 N–H and O–H groups in total. The highest BCUT2D eigenvalue weighted by Crippen LogP contribution is 2.41. The molecular weight excluding hydrogens is 216 g/mol. The molecule has 0 aromatic rings. The summed E-state index contributed by atoms with van der Waals surface area (Å²) in [6.45, 7) is 1.76. The van der Waals surface area contributed by atoms with Gasteiger partial charge in [-0.3, -0.25) is 9.59 Å². The lowest BCUT2D eigenvalue weighted by atomic mass is 9.99. The fourth-order valence-corrected chi connectivity index (χ4v) is 2.76. The summed E-state index contributed by atoms with van der Waals surface area (Å²) in [5.41, 5.74) is 0.767. The number of hydrogen-bond acceptors (Lipinski definition) is 4. The Kier molecular flexibility index (Phi) is 2.44. The summed E-state index contributed by atoms with van der Waals surface area (Å²) < 4.78 is 0. The van der Waals surface area contributed by atoms with E-state index < -0.39 is 11.9 Å². The largest absolute Gasteiger partial charge is 0.481 e. The van der Waals surface area contributed by atoms with Crippen LogP contribution in [0.15, 0.2) is 20.5 Å². The highest BCUT2D eigenvalue weighted by molar-refractivity contribution is 8.17. The minimum atomic E-state index is -0.899. The third kappa shape index (κ3) is 1.72. The van der Waals surface area contributed by atoms with E-state index in [1.807, 2.05) is 0 Å². The molecule has 0 aromatic carbocycles. The fraction of sp³-hybridized carbons (Fsp3) is 0.333. The Balaban J connectivity index is 2.31. The van der Waals surface area contributed by atoms with Crippen molar-refractivity contribution in [1.82, 2.24) is 0 Å². The van der Waals surface area contributed by atoms with Crippen LogP contribution in [0.3, 0.4) is 0 Å². The monoisotopic (exact) mass is 224 g/mol. The van der Waals surface area contributed by atoms with Crippen LogP contribution in [0.4, 0.5) is 0 Å². The molecule has 0 spiro atoms. The molecule has 5 nitrogen and oxygen atoms in total. The summed E-state index contributed by atoms with van der Waals surface area (Å²) in [6.07, 6.45) is 1.16. The maximum atomic E-state index is 11.4. The molecule has 6 heteroatoms. The predicted octanol–water partition coefficient (Wildman–Crippen LogP) is 1.07. The smallest absolute Gasteiger partial charge is 0.308 e. The Labute approximate surface area is 90.0 Å². The summed E-state index contributed by atoms with van der Waals surface area (Å²) >= 11 is 1.27. The average Bonchev–Trinajstić information content (AvgIpc) is 2.44. The second-order valence-electron chi connectivity index (χ2n) is 3.26. The van der Waals surface area contributed by atoms with Gasteiger partial charge in [-0.25, -0.2) is 9.98 Å². The van der Waals surface area contributed by atoms with Crippen molar-refractivity contribution >= 4 is 35.0 Å². The number of aliphatic imine (C=N–C) groups is 2. The molecular formula is C9H8N2O3S. The summed E-state index contributed by atoms with van der Waals surface area (Å²) in [6, 6.07) is 0. The van der Waals surface area contributed by atoms with Gasteiger partial charge in [0.1, 0.15) is 12.3 Å². The zero-order valence-electron chi connectivity index (χ0n) is 7.93. The van der Waals surface area contributed by atoms with E-state index in [4.69, 9.17) is 5.11 Å². The summed E-state index contributed by atoms with van der Waals surface area (Å²) in [5.74, 6) is -1.59. The van der Waals surface area contributed by atoms with Crippen LogP contribution >= 0.6 is 11.8 Å². The normalized spacial score (nSPS) is 24.2. The number of carboxylic acid groups (broad SMARTS) is 1. The first kappa shape index (κ1) is 10.1. The molecule has 0 saturated carbocycles. The molecule has 0 aliphatic carbocycles. The van der Waals surface area contributed by atoms with Gasteiger partial charge in [0.05, 0.1) is 11.5 Å². The molecule has 2 rings (SSSR count). The number of aliphatic carboxylic acids is 1. The fourth-order valence-electron chi connectivity index (χ4n) is 1.53. The topological polar surface area (TPSA) is 79.1 Å². The van der Waals surface area contributed by atoms with Crippen molar-refractivity contribution in [2.75, 3.05) is 0 Å². The quantitative estimate of drug-likeness (QED) is 0.760. The molecule has 78 valence electrons. The van der Waals surface area contributed by atoms with Crippen molar-refractivity contribution < 1.29 is 14.7 Å². The molecule has 0 radical (unpaired) electrons. The third-order valence-electron chi connectivity index (χ3n) is 2.28. The highest BCUT2D eigenvalue weighted by Gasteiger charge is 2.36. The van der Waals surface area contributed by atoms with Gasteiger partial charge in [0.2, 0.25) is 0 Å². The van der Waals surface area contributed by atoms with E-state index in [0.717, 1.165) is 5.57 Å². The Morgan fingerprint density at radius 3 is 3.00 bits per heavy atom. The van der Waals surface area contributed by atoms with Gasteiger partial charge in [-0.1, -0.05) is 11.8 Å². The molecule has 0 saturated heterocycles. The van der Waals surface area contributed by atoms with Crippen molar-refractivity contribution in [3.63, 3.8) is 0 Å². The number of carbonyl (C=O) groups excluding carboxylic acids is 1. The Bertz CT molecular complexity index is 437. The molecule has 2 aliphatic rings. The Morgan fingerprint density at radius 1 is 1.67 bits per heavy atom. The lowest BCUT2D eigenvalue weighted by Gasteiger charge is -2.09. The molecule has 0 aromatic heterocycles. The second kappa shape index (κ2) is 3.62. The van der Waals surface area contributed by atoms with Gasteiger partial charge in [0.15, 0.2) is 0 Å². The summed E-state index contributed by atoms with van der Waals surface area (Å²) in [7, 11) is 0. The van der Waals surface area contributed by atoms with E-state index in [2.05, 4.69) is 9.98 Å². The van der Waals surface area contributed by atoms with Crippen LogP contribution in [0.1, 0.15) is 13.3 Å². The lowest BCUT2D eigenvalue weighted by Crippen LogP contribution is -2.21. The number of hydrogen-bond donors (Lipinski definition) is 1. The van der Waals surface area contributed by atoms with Gasteiger partial charge in [-0.15, -0.1) is 0 Å². The molecule has 15 heavy (non-hydrogen) atoms. The molecule has 0 fully saturated rings. The van der Waals surface area contributed by atoms with Crippen LogP contribution in [-0.4, -0.2) is 28.4 Å². The van der Waals surface area contributed by atoms with Gasteiger partial charge < -0.3 is 5.11 Å². The number of nitrogens with zero attached hydrogens (tertiary/aromatic N) is 2. The lowest BCUT2D eigenvalue weighted by molar-refractivity contribution is -0.136. The van der Waals surface area contributed by atoms with Crippen molar-refractivity contribution in [2.45, 2.75) is 13.3 Å². The van der Waals surface area contributed by atoms with Crippen molar-refractivity contribution in [3.05, 3.63) is 10.5 Å². The molecule has 1 atom stereocenters. The van der Waals surface area contributed by atoms with Gasteiger partial charge in [-0.05, 0) is 12.5 Å². The standard InChI is InChI=1S/C9H8N2O3S/c1-4-5(2-6(12)13)15-9-7(4)8(14)10-3-11-9/h3,7H,2H2,1H3,(H,12,13). The second-order valence-corrected chi connectivity index (χ2v) is 4.38. The van der Waals surface area contributed by atoms with Gasteiger partial charge >= 0.3 is 5.97 Å². The van der Waals surface area contributed by atoms with Crippen LogP contribution in [-0.2, 0) is 9.59 Å². The van der Waals surface area contributed by atoms with E-state index in [1.54, 1.807) is 6.92 Å². The number of rotatable bonds is 2. The first-order valence-electron chi connectivity index (χ1n) is 4.33. The van der Waals surface area contributed by atoms with E-state index >= 15 is 0 Å². The Morgan fingerprint density at radius 2 is 2.40 bits per heavy atom. The van der Waals surface area contributed by atoms with E-state index in [1.165, 1.54) is 18.1 Å². The number of thioether (sulfide) groups is 1. The predicted molar refractivity (Wildman–Crippen MR) is 57.0 cm³/mol. The van der Waals surface area contributed by atoms with Crippen molar-refractivity contribution in [3.8, 4) is 0 Å². The highest BCUT2D eigenvalue weighted by atomic mass is 32.2. The summed E-state index contributed by atoms with van der Waals surface area (Å²) in [4.78, 5) is 30.3. The van der Waals surface area contributed by atoms with Crippen LogP contribution in [0, 0.1) is 5.92 Å². The first-order valence-corrected chi connectivity index (χ1v) is 5.14. The zero-order chi connectivity index (χ0) is 11.0. The Hall–Kier alpha value is -1.43. The van der Waals surface area contributed by atoms with Crippen LogP contribution < -0.4 is 0 Å². The number of carbonyl (C=O) groups is 2. The minimum Gasteiger partial charge on any atom is -0.481 e. The third-order valence-corrected chi connectivity index (χ3v) is 3.54. The summed E-state index contributed by atoms with van der Waals surface area (Å²) in [5, 5.41) is 9.33. The molecule has 0 bridgehead atoms. The van der Waals surface area contributed by atoms with Gasteiger partial charge in [-0.2, -0.15) is 0 Å². The average molecular weight is 224 g/mol. The van der Waals surface area contributed by atoms with E-state index in [0.29, 0.717) is 9.95 Å². The van der Waals surface area contributed by atoms with Crippen molar-refractivity contribution in [1.29, 1.82) is 0 Å². The van der Waals surface area contributed by atoms with Crippen LogP contribution in [0.2, 0.25) is 0 Å². The van der Waals surface area contributed by atoms with Gasteiger partial charge in [0, 0.05) is 4.91 Å². The maximum absolute atomic E-state index is 11.4. The van der Waals surface area contributed by atoms with Crippen molar-refractivity contribution in [2.24, 2.45) is 15.9 Å². The number of carboxylic acids is 1. The van der Waals surface area contributed by atoms with Gasteiger partial charge in [0.25, 0.3) is 5.91 Å². The van der Waals surface area contributed by atoms with Crippen LogP contribution in [0.25, 0.3) is 0 Å². The van der Waals surface area contributed by atoms with E-state index in [9.17, 15) is 9.59 Å². The molecule has 1 unspecified atom stereocenters.